The van der Waals surface area contributed by atoms with E-state index in [-0.39, 0.29) is 5.69 Å². The Balaban J connectivity index is 1.56. The molecule has 0 saturated heterocycles. The molecule has 0 N–H and O–H groups in total. The highest BCUT2D eigenvalue weighted by Gasteiger charge is 2.14. The van der Waals surface area contributed by atoms with E-state index in [4.69, 9.17) is 9.47 Å². The van der Waals surface area contributed by atoms with Crippen LogP contribution in [0.2, 0.25) is 0 Å². The number of nitrogens with zero attached hydrogens (tertiary/aromatic N) is 4. The van der Waals surface area contributed by atoms with Gasteiger partial charge in [0.25, 0.3) is 0 Å². The molecule has 0 fully saturated rings. The lowest BCUT2D eigenvalue weighted by Gasteiger charge is -2.14. The Hall–Kier alpha value is -3.87. The van der Waals surface area contributed by atoms with Crippen molar-refractivity contribution in [3.63, 3.8) is 0 Å². The Morgan fingerprint density at radius 2 is 1.66 bits per heavy atom. The number of benzene rings is 3. The molecule has 7 heteroatoms. The Morgan fingerprint density at radius 3 is 2.41 bits per heavy atom. The Labute approximate surface area is 167 Å². The molecule has 29 heavy (non-hydrogen) atoms. The van der Waals surface area contributed by atoms with Crippen LogP contribution in [0.3, 0.4) is 0 Å². The predicted octanol–water partition coefficient (Wildman–Crippen LogP) is 3.65. The van der Waals surface area contributed by atoms with Gasteiger partial charge >= 0.3 is 5.69 Å². The molecular formula is C22H20N4O3. The first-order chi connectivity index (χ1) is 14.1. The van der Waals surface area contributed by atoms with Gasteiger partial charge in [0.1, 0.15) is 29.5 Å². The smallest absolute Gasteiger partial charge is 0.368 e. The molecular weight excluding hydrogens is 368 g/mol. The summed E-state index contributed by atoms with van der Waals surface area (Å²) in [5.41, 5.74) is 2.06. The van der Waals surface area contributed by atoms with Crippen LogP contribution in [0.5, 0.6) is 17.2 Å². The zero-order valence-electron chi connectivity index (χ0n) is 16.1. The molecule has 0 radical (unpaired) electrons. The summed E-state index contributed by atoms with van der Waals surface area (Å²) >= 11 is 0. The average Bonchev–Trinajstić information content (AvgIpc) is 3.06. The van der Waals surface area contributed by atoms with Gasteiger partial charge in [0.05, 0.1) is 0 Å². The van der Waals surface area contributed by atoms with Crippen molar-refractivity contribution in [1.82, 2.24) is 19.8 Å². The van der Waals surface area contributed by atoms with Crippen molar-refractivity contribution in [2.45, 2.75) is 13.5 Å². The lowest BCUT2D eigenvalue weighted by atomic mass is 10.2. The molecule has 1 heterocycles. The van der Waals surface area contributed by atoms with Crippen LogP contribution in [0.4, 0.5) is 0 Å². The first kappa shape index (κ1) is 18.5. The van der Waals surface area contributed by atoms with Gasteiger partial charge in [0, 0.05) is 7.05 Å². The van der Waals surface area contributed by atoms with Gasteiger partial charge in [-0.15, -0.1) is 0 Å². The number of tetrazole rings is 1. The van der Waals surface area contributed by atoms with E-state index in [1.54, 1.807) is 13.1 Å². The van der Waals surface area contributed by atoms with Crippen LogP contribution in [0.1, 0.15) is 11.1 Å². The van der Waals surface area contributed by atoms with E-state index in [0.717, 1.165) is 22.6 Å². The minimum Gasteiger partial charge on any atom is -0.486 e. The van der Waals surface area contributed by atoms with E-state index < -0.39 is 0 Å². The predicted molar refractivity (Wildman–Crippen MR) is 109 cm³/mol. The van der Waals surface area contributed by atoms with E-state index in [1.807, 2.05) is 73.7 Å². The summed E-state index contributed by atoms with van der Waals surface area (Å²) in [5.74, 6) is 2.09. The van der Waals surface area contributed by atoms with Crippen LogP contribution in [-0.4, -0.2) is 19.8 Å². The highest BCUT2D eigenvalue weighted by atomic mass is 16.5. The molecule has 0 spiro atoms. The third-order valence-corrected chi connectivity index (χ3v) is 4.40. The fourth-order valence-corrected chi connectivity index (χ4v) is 2.94. The first-order valence-electron chi connectivity index (χ1n) is 9.15. The molecule has 3 aromatic carbocycles. The van der Waals surface area contributed by atoms with Crippen LogP contribution < -0.4 is 15.2 Å². The standard InChI is InChI=1S/C22H20N4O3/c1-16-8-6-13-20(26-22(27)25(2)23-24-26)21(16)28-15-17-9-7-12-19(14-17)29-18-10-4-3-5-11-18/h3-14H,15H2,1-2H3. The summed E-state index contributed by atoms with van der Waals surface area (Å²) in [6.07, 6.45) is 0. The summed E-state index contributed by atoms with van der Waals surface area (Å²) in [6.45, 7) is 2.24. The SMILES string of the molecule is Cc1cccc(-n2nnn(C)c2=O)c1OCc1cccc(Oc2ccccc2)c1. The second kappa shape index (κ2) is 8.02. The first-order valence-corrected chi connectivity index (χ1v) is 9.15. The van der Waals surface area contributed by atoms with Crippen LogP contribution in [-0.2, 0) is 13.7 Å². The lowest BCUT2D eigenvalue weighted by molar-refractivity contribution is 0.301. The third-order valence-electron chi connectivity index (χ3n) is 4.40. The van der Waals surface area contributed by atoms with Crippen molar-refractivity contribution < 1.29 is 9.47 Å². The Kier molecular flexibility index (Phi) is 5.11. The van der Waals surface area contributed by atoms with Crippen molar-refractivity contribution in [3.8, 4) is 22.9 Å². The molecule has 0 bridgehead atoms. The quantitative estimate of drug-likeness (QED) is 0.504. The summed E-state index contributed by atoms with van der Waals surface area (Å²) < 4.78 is 14.4. The fourth-order valence-electron chi connectivity index (χ4n) is 2.94. The minimum absolute atomic E-state index is 0.318. The van der Waals surface area contributed by atoms with E-state index in [9.17, 15) is 4.79 Å². The van der Waals surface area contributed by atoms with Crippen LogP contribution >= 0.6 is 0 Å². The average molecular weight is 388 g/mol. The van der Waals surface area contributed by atoms with Crippen molar-refractivity contribution in [2.24, 2.45) is 7.05 Å². The van der Waals surface area contributed by atoms with Gasteiger partial charge in [-0.2, -0.15) is 9.36 Å². The molecule has 4 rings (SSSR count). The van der Waals surface area contributed by atoms with Gasteiger partial charge in [-0.25, -0.2) is 4.79 Å². The van der Waals surface area contributed by atoms with E-state index in [1.165, 1.54) is 9.36 Å². The van der Waals surface area contributed by atoms with E-state index in [0.29, 0.717) is 18.0 Å². The largest absolute Gasteiger partial charge is 0.486 e. The molecule has 0 aliphatic carbocycles. The van der Waals surface area contributed by atoms with Gasteiger partial charge in [0.15, 0.2) is 0 Å². The Bertz CT molecular complexity index is 1180. The highest BCUT2D eigenvalue weighted by Crippen LogP contribution is 2.27. The van der Waals surface area contributed by atoms with Gasteiger partial charge in [0.2, 0.25) is 0 Å². The topological polar surface area (TPSA) is 71.2 Å². The zero-order chi connectivity index (χ0) is 20.2. The fraction of sp³-hybridized carbons (Fsp3) is 0.136. The maximum atomic E-state index is 12.3. The second-order valence-corrected chi connectivity index (χ2v) is 6.57. The number of rotatable bonds is 6. The van der Waals surface area contributed by atoms with Gasteiger partial charge in [-0.1, -0.05) is 42.5 Å². The molecule has 0 aliphatic rings. The number of aromatic nitrogens is 4. The molecule has 0 atom stereocenters. The molecule has 146 valence electrons. The maximum absolute atomic E-state index is 12.3. The summed E-state index contributed by atoms with van der Waals surface area (Å²) in [6, 6.07) is 22.9. The zero-order valence-corrected chi connectivity index (χ0v) is 16.1. The summed E-state index contributed by atoms with van der Waals surface area (Å²) in [7, 11) is 1.56. The molecule has 4 aromatic rings. The van der Waals surface area contributed by atoms with Crippen molar-refractivity contribution in [2.75, 3.05) is 0 Å². The molecule has 0 aliphatic heterocycles. The normalized spacial score (nSPS) is 10.7. The second-order valence-electron chi connectivity index (χ2n) is 6.57. The summed E-state index contributed by atoms with van der Waals surface area (Å²) in [4.78, 5) is 12.3. The molecule has 0 unspecified atom stereocenters. The Morgan fingerprint density at radius 1 is 0.897 bits per heavy atom. The minimum atomic E-state index is -0.335. The maximum Gasteiger partial charge on any atom is 0.368 e. The van der Waals surface area contributed by atoms with Gasteiger partial charge in [-0.05, 0) is 58.8 Å². The number of hydrogen-bond donors (Lipinski definition) is 0. The van der Waals surface area contributed by atoms with E-state index >= 15 is 0 Å². The molecule has 0 saturated carbocycles. The third kappa shape index (κ3) is 4.03. The van der Waals surface area contributed by atoms with Crippen molar-refractivity contribution in [3.05, 3.63) is 94.4 Å². The van der Waals surface area contributed by atoms with Crippen LogP contribution in [0.15, 0.2) is 77.6 Å². The van der Waals surface area contributed by atoms with Gasteiger partial charge in [-0.3, -0.25) is 0 Å². The number of hydrogen-bond acceptors (Lipinski definition) is 5. The van der Waals surface area contributed by atoms with Crippen LogP contribution in [0.25, 0.3) is 5.69 Å². The summed E-state index contributed by atoms with van der Waals surface area (Å²) in [5, 5.41) is 7.70. The van der Waals surface area contributed by atoms with Gasteiger partial charge < -0.3 is 9.47 Å². The monoisotopic (exact) mass is 388 g/mol. The number of aryl methyl sites for hydroxylation is 2. The van der Waals surface area contributed by atoms with Crippen molar-refractivity contribution >= 4 is 0 Å². The molecule has 7 nitrogen and oxygen atoms in total. The number of para-hydroxylation sites is 2. The lowest BCUT2D eigenvalue weighted by Crippen LogP contribution is -2.22. The highest BCUT2D eigenvalue weighted by molar-refractivity contribution is 5.50. The molecule has 0 amide bonds. The number of ether oxygens (including phenoxy) is 2. The van der Waals surface area contributed by atoms with E-state index in [2.05, 4.69) is 10.4 Å². The van der Waals surface area contributed by atoms with Crippen LogP contribution in [0, 0.1) is 6.92 Å². The van der Waals surface area contributed by atoms with Crippen molar-refractivity contribution in [1.29, 1.82) is 0 Å². The molecule has 1 aromatic heterocycles.